The Hall–Kier alpha value is -2.75. The number of hydrogen-bond donors (Lipinski definition) is 2. The molecule has 1 aromatic heterocycles. The fourth-order valence-electron chi connectivity index (χ4n) is 3.35. The van der Waals surface area contributed by atoms with E-state index in [4.69, 9.17) is 4.74 Å². The van der Waals surface area contributed by atoms with E-state index in [0.717, 1.165) is 17.8 Å². The van der Waals surface area contributed by atoms with Crippen LogP contribution in [-0.4, -0.2) is 42.1 Å². The summed E-state index contributed by atoms with van der Waals surface area (Å²) in [6.45, 7) is 8.17. The summed E-state index contributed by atoms with van der Waals surface area (Å²) >= 11 is 0. The molecule has 2 aromatic rings. The van der Waals surface area contributed by atoms with E-state index >= 15 is 0 Å². The maximum atomic E-state index is 13.2. The van der Waals surface area contributed by atoms with Crippen LogP contribution in [0.2, 0.25) is 0 Å². The van der Waals surface area contributed by atoms with Crippen LogP contribution in [0.25, 0.3) is 0 Å². The van der Waals surface area contributed by atoms with E-state index in [0.29, 0.717) is 49.9 Å². The number of hydrogen-bond acceptors (Lipinski definition) is 4. The summed E-state index contributed by atoms with van der Waals surface area (Å²) in [5.41, 5.74) is 1.75. The molecule has 0 aliphatic carbocycles. The molecule has 1 aromatic carbocycles. The summed E-state index contributed by atoms with van der Waals surface area (Å²) in [4.78, 5) is 14.5. The molecular formula is C19H24F3N5O2. The molecule has 3 rings (SSSR count). The zero-order valence-electron chi connectivity index (χ0n) is 16.6. The molecule has 2 N–H and O–H groups in total. The predicted molar refractivity (Wildman–Crippen MR) is 104 cm³/mol. The summed E-state index contributed by atoms with van der Waals surface area (Å²) in [6.07, 6.45) is -4.51. The summed E-state index contributed by atoms with van der Waals surface area (Å²) in [6, 6.07) is 2.74. The van der Waals surface area contributed by atoms with Gasteiger partial charge in [-0.2, -0.15) is 18.3 Å². The fourth-order valence-corrected chi connectivity index (χ4v) is 3.35. The van der Waals surface area contributed by atoms with Crippen molar-refractivity contribution in [3.8, 4) is 0 Å². The lowest BCUT2D eigenvalue weighted by molar-refractivity contribution is -0.137. The minimum absolute atomic E-state index is 0.0948. The number of anilines is 3. The first-order valence-electron chi connectivity index (χ1n) is 9.36. The van der Waals surface area contributed by atoms with Crippen LogP contribution in [0.1, 0.15) is 23.9 Å². The van der Waals surface area contributed by atoms with Gasteiger partial charge < -0.3 is 20.3 Å². The molecule has 0 radical (unpaired) electrons. The highest BCUT2D eigenvalue weighted by molar-refractivity contribution is 6.02. The van der Waals surface area contributed by atoms with E-state index in [2.05, 4.69) is 15.7 Å². The van der Waals surface area contributed by atoms with Gasteiger partial charge in [0.15, 0.2) is 0 Å². The van der Waals surface area contributed by atoms with Crippen molar-refractivity contribution in [3.05, 3.63) is 35.2 Å². The van der Waals surface area contributed by atoms with Crippen LogP contribution in [0.5, 0.6) is 0 Å². The van der Waals surface area contributed by atoms with Crippen LogP contribution < -0.4 is 15.5 Å². The van der Waals surface area contributed by atoms with Crippen LogP contribution in [0.3, 0.4) is 0 Å². The number of halogens is 3. The highest BCUT2D eigenvalue weighted by Crippen LogP contribution is 2.36. The van der Waals surface area contributed by atoms with Gasteiger partial charge in [-0.3, -0.25) is 4.68 Å². The zero-order valence-corrected chi connectivity index (χ0v) is 16.6. The first-order chi connectivity index (χ1) is 13.7. The van der Waals surface area contributed by atoms with Crippen molar-refractivity contribution in [2.45, 2.75) is 33.5 Å². The third-order valence-corrected chi connectivity index (χ3v) is 4.84. The Morgan fingerprint density at radius 2 is 1.90 bits per heavy atom. The third-order valence-electron chi connectivity index (χ3n) is 4.84. The van der Waals surface area contributed by atoms with Crippen molar-refractivity contribution in [2.24, 2.45) is 0 Å². The van der Waals surface area contributed by atoms with E-state index in [1.807, 2.05) is 18.7 Å². The first-order valence-corrected chi connectivity index (χ1v) is 9.36. The van der Waals surface area contributed by atoms with Crippen molar-refractivity contribution in [3.63, 3.8) is 0 Å². The number of benzene rings is 1. The molecule has 7 nitrogen and oxygen atoms in total. The normalized spacial score (nSPS) is 14.8. The predicted octanol–water partition coefficient (Wildman–Crippen LogP) is 4.02. The van der Waals surface area contributed by atoms with Crippen molar-refractivity contribution in [2.75, 3.05) is 41.8 Å². The number of nitrogens with zero attached hydrogens (tertiary/aromatic N) is 3. The highest BCUT2D eigenvalue weighted by atomic mass is 19.4. The van der Waals surface area contributed by atoms with Crippen LogP contribution in [-0.2, 0) is 17.5 Å². The van der Waals surface area contributed by atoms with Gasteiger partial charge in [0, 0.05) is 19.6 Å². The number of carbonyl (C=O) groups is 1. The lowest BCUT2D eigenvalue weighted by Gasteiger charge is -2.31. The van der Waals surface area contributed by atoms with Crippen molar-refractivity contribution >= 4 is 23.1 Å². The lowest BCUT2D eigenvalue weighted by Crippen LogP contribution is -2.37. The zero-order chi connectivity index (χ0) is 21.2. The summed E-state index contributed by atoms with van der Waals surface area (Å²) in [7, 11) is 0. The molecule has 10 heteroatoms. The topological polar surface area (TPSA) is 71.4 Å². The van der Waals surface area contributed by atoms with Crippen LogP contribution >= 0.6 is 0 Å². The van der Waals surface area contributed by atoms with Crippen molar-refractivity contribution in [1.82, 2.24) is 9.78 Å². The van der Waals surface area contributed by atoms with E-state index in [-0.39, 0.29) is 5.69 Å². The molecule has 1 aliphatic heterocycles. The second-order valence-electron chi connectivity index (χ2n) is 6.77. The minimum Gasteiger partial charge on any atom is -0.378 e. The molecule has 1 fully saturated rings. The monoisotopic (exact) mass is 411 g/mol. The van der Waals surface area contributed by atoms with Gasteiger partial charge in [0.1, 0.15) is 0 Å². The lowest BCUT2D eigenvalue weighted by atomic mass is 10.1. The molecule has 0 unspecified atom stereocenters. The van der Waals surface area contributed by atoms with Gasteiger partial charge in [0.25, 0.3) is 0 Å². The number of carbonyl (C=O) groups excluding carboxylic acids is 1. The summed E-state index contributed by atoms with van der Waals surface area (Å²) in [5, 5.41) is 9.62. The Bertz CT molecular complexity index is 889. The number of aromatic nitrogens is 2. The molecule has 0 bridgehead atoms. The molecule has 2 heterocycles. The van der Waals surface area contributed by atoms with E-state index < -0.39 is 17.8 Å². The second kappa shape index (κ2) is 8.32. The standard InChI is InChI=1S/C19H24F3N5O2/c1-4-27-13(3)17(12(2)25-27)24-18(28)23-15-11-14(19(20,21)22)5-6-16(15)26-7-9-29-10-8-26/h5-6,11H,4,7-10H2,1-3H3,(H2,23,24,28). The molecule has 0 saturated carbocycles. The Kier molecular flexibility index (Phi) is 6.02. The smallest absolute Gasteiger partial charge is 0.378 e. The van der Waals surface area contributed by atoms with Gasteiger partial charge in [0.2, 0.25) is 0 Å². The minimum atomic E-state index is -4.51. The average molecular weight is 411 g/mol. The molecule has 0 spiro atoms. The van der Waals surface area contributed by atoms with Crippen molar-refractivity contribution < 1.29 is 22.7 Å². The van der Waals surface area contributed by atoms with E-state index in [1.165, 1.54) is 6.07 Å². The van der Waals surface area contributed by atoms with E-state index in [1.54, 1.807) is 11.6 Å². The molecule has 1 saturated heterocycles. The SMILES string of the molecule is CCn1nc(C)c(NC(=O)Nc2cc(C(F)(F)F)ccc2N2CCOCC2)c1C. The number of ether oxygens (including phenoxy) is 1. The number of urea groups is 1. The average Bonchev–Trinajstić information content (AvgIpc) is 2.95. The quantitative estimate of drug-likeness (QED) is 0.797. The van der Waals surface area contributed by atoms with Gasteiger partial charge in [0.05, 0.1) is 47.2 Å². The summed E-state index contributed by atoms with van der Waals surface area (Å²) < 4.78 is 46.7. The summed E-state index contributed by atoms with van der Waals surface area (Å²) in [5.74, 6) is 0. The largest absolute Gasteiger partial charge is 0.416 e. The molecule has 29 heavy (non-hydrogen) atoms. The Balaban J connectivity index is 1.87. The number of amides is 2. The maximum absolute atomic E-state index is 13.2. The van der Waals surface area contributed by atoms with Crippen molar-refractivity contribution in [1.29, 1.82) is 0 Å². The Morgan fingerprint density at radius 3 is 2.48 bits per heavy atom. The van der Waals surface area contributed by atoms with Gasteiger partial charge in [-0.1, -0.05) is 0 Å². The number of morpholine rings is 1. The number of alkyl halides is 3. The van der Waals surface area contributed by atoms with Gasteiger partial charge in [-0.05, 0) is 39.0 Å². The third kappa shape index (κ3) is 4.64. The van der Waals surface area contributed by atoms with Gasteiger partial charge in [-0.15, -0.1) is 0 Å². The van der Waals surface area contributed by atoms with E-state index in [9.17, 15) is 18.0 Å². The molecule has 1 aliphatic rings. The molecule has 2 amide bonds. The molecule has 158 valence electrons. The second-order valence-corrected chi connectivity index (χ2v) is 6.77. The number of aryl methyl sites for hydroxylation is 2. The number of rotatable bonds is 4. The highest BCUT2D eigenvalue weighted by Gasteiger charge is 2.32. The van der Waals surface area contributed by atoms with Gasteiger partial charge >= 0.3 is 12.2 Å². The fraction of sp³-hybridized carbons (Fsp3) is 0.474. The number of nitrogens with one attached hydrogen (secondary N) is 2. The van der Waals surface area contributed by atoms with Crippen LogP contribution in [0.15, 0.2) is 18.2 Å². The Morgan fingerprint density at radius 1 is 1.21 bits per heavy atom. The van der Waals surface area contributed by atoms with Crippen LogP contribution in [0.4, 0.5) is 35.0 Å². The first kappa shape index (κ1) is 21.0. The maximum Gasteiger partial charge on any atom is 0.416 e. The molecular weight excluding hydrogens is 387 g/mol. The Labute approximate surface area is 166 Å². The molecule has 0 atom stereocenters. The van der Waals surface area contributed by atoms with Gasteiger partial charge in [-0.25, -0.2) is 4.79 Å². The van der Waals surface area contributed by atoms with Crippen LogP contribution in [0, 0.1) is 13.8 Å².